The molecule has 70 valence electrons. The molecule has 2 aromatic rings. The van der Waals surface area contributed by atoms with Crippen LogP contribution in [0.2, 0.25) is 0 Å². The number of nitrogens with zero attached hydrogens (tertiary/aromatic N) is 2. The second kappa shape index (κ2) is 3.83. The lowest BCUT2D eigenvalue weighted by atomic mass is 10.3. The van der Waals surface area contributed by atoms with Gasteiger partial charge in [-0.25, -0.2) is 9.37 Å². The fraction of sp³-hybridized carbons (Fsp3) is 0. The predicted octanol–water partition coefficient (Wildman–Crippen LogP) is 2.38. The Hall–Kier alpha value is -1.97. The summed E-state index contributed by atoms with van der Waals surface area (Å²) < 4.78 is 18.0. The Kier molecular flexibility index (Phi) is 2.36. The maximum absolute atomic E-state index is 13.1. The van der Waals surface area contributed by atoms with E-state index in [0.29, 0.717) is 5.89 Å². The van der Waals surface area contributed by atoms with E-state index in [4.69, 9.17) is 4.42 Å². The van der Waals surface area contributed by atoms with Gasteiger partial charge < -0.3 is 4.42 Å². The third-order valence-electron chi connectivity index (χ3n) is 1.62. The van der Waals surface area contributed by atoms with E-state index in [-0.39, 0.29) is 11.5 Å². The van der Waals surface area contributed by atoms with Gasteiger partial charge in [-0.1, -0.05) is 0 Å². The van der Waals surface area contributed by atoms with Gasteiger partial charge in [0.2, 0.25) is 5.89 Å². The Labute approximate surface area is 79.9 Å². The van der Waals surface area contributed by atoms with Crippen LogP contribution in [0.1, 0.15) is 11.6 Å². The van der Waals surface area contributed by atoms with Crippen LogP contribution in [0, 0.1) is 5.82 Å². The molecular weight excluding hydrogens is 183 g/mol. The summed E-state index contributed by atoms with van der Waals surface area (Å²) >= 11 is 0. The first-order valence-electron chi connectivity index (χ1n) is 4.04. The average Bonchev–Trinajstić information content (AvgIpc) is 2.69. The van der Waals surface area contributed by atoms with Crippen molar-refractivity contribution in [3.8, 4) is 0 Å². The molecule has 0 fully saturated rings. The van der Waals surface area contributed by atoms with Crippen molar-refractivity contribution in [1.82, 2.24) is 9.97 Å². The molecule has 0 N–H and O–H groups in total. The molecule has 0 radical (unpaired) electrons. The van der Waals surface area contributed by atoms with Gasteiger partial charge in [-0.15, -0.1) is 0 Å². The lowest BCUT2D eigenvalue weighted by molar-refractivity contribution is 0.546. The highest BCUT2D eigenvalue weighted by Gasteiger charge is 1.97. The van der Waals surface area contributed by atoms with Gasteiger partial charge in [-0.3, -0.25) is 4.98 Å². The highest BCUT2D eigenvalue weighted by molar-refractivity contribution is 5.63. The summed E-state index contributed by atoms with van der Waals surface area (Å²) in [6, 6.07) is 2.89. The lowest BCUT2D eigenvalue weighted by Crippen LogP contribution is -1.84. The van der Waals surface area contributed by atoms with Crippen LogP contribution < -0.4 is 0 Å². The van der Waals surface area contributed by atoms with E-state index in [1.54, 1.807) is 6.08 Å². The summed E-state index contributed by atoms with van der Waals surface area (Å²) in [5, 5.41) is 0. The minimum Gasteiger partial charge on any atom is -0.445 e. The Morgan fingerprint density at radius 3 is 2.86 bits per heavy atom. The van der Waals surface area contributed by atoms with Gasteiger partial charge in [-0.2, -0.15) is 0 Å². The first-order chi connectivity index (χ1) is 6.86. The molecule has 14 heavy (non-hydrogen) atoms. The lowest BCUT2D eigenvalue weighted by Gasteiger charge is -1.92. The fourth-order valence-electron chi connectivity index (χ4n) is 0.988. The van der Waals surface area contributed by atoms with Crippen molar-refractivity contribution in [2.75, 3.05) is 0 Å². The van der Waals surface area contributed by atoms with Crippen LogP contribution in [0.15, 0.2) is 35.2 Å². The number of halogens is 1. The summed E-state index contributed by atoms with van der Waals surface area (Å²) in [5.74, 6) is 0.0605. The minimum atomic E-state index is -0.365. The van der Waals surface area contributed by atoms with Gasteiger partial charge in [0, 0.05) is 12.3 Å². The van der Waals surface area contributed by atoms with Gasteiger partial charge in [0.05, 0.1) is 11.9 Å². The van der Waals surface area contributed by atoms with E-state index in [1.165, 1.54) is 36.9 Å². The molecule has 0 aliphatic rings. The van der Waals surface area contributed by atoms with Crippen molar-refractivity contribution in [2.45, 2.75) is 0 Å². The molecule has 0 atom stereocenters. The highest BCUT2D eigenvalue weighted by Crippen LogP contribution is 2.07. The summed E-state index contributed by atoms with van der Waals surface area (Å²) in [7, 11) is 0. The van der Waals surface area contributed by atoms with Crippen molar-refractivity contribution in [2.24, 2.45) is 0 Å². The van der Waals surface area contributed by atoms with E-state index in [0.717, 1.165) is 0 Å². The van der Waals surface area contributed by atoms with E-state index < -0.39 is 0 Å². The van der Waals surface area contributed by atoms with Crippen LogP contribution in [0.4, 0.5) is 4.39 Å². The van der Waals surface area contributed by atoms with E-state index in [2.05, 4.69) is 9.97 Å². The van der Waals surface area contributed by atoms with Crippen LogP contribution >= 0.6 is 0 Å². The standard InChI is InChI=1S/C10H7FN2O/c11-8-2-1-5-12-9(8)3-4-10-13-6-7-14-10/h1-7H. The molecule has 0 amide bonds. The zero-order valence-corrected chi connectivity index (χ0v) is 7.22. The van der Waals surface area contributed by atoms with Crippen molar-refractivity contribution in [3.63, 3.8) is 0 Å². The minimum absolute atomic E-state index is 0.269. The molecule has 2 heterocycles. The molecule has 2 aromatic heterocycles. The molecule has 0 aliphatic carbocycles. The summed E-state index contributed by atoms with van der Waals surface area (Å²) in [6.07, 6.45) is 7.58. The van der Waals surface area contributed by atoms with E-state index in [1.807, 2.05) is 0 Å². The van der Waals surface area contributed by atoms with Crippen LogP contribution in [-0.2, 0) is 0 Å². The Bertz CT molecular complexity index is 437. The molecule has 0 unspecified atom stereocenters. The number of aromatic nitrogens is 2. The van der Waals surface area contributed by atoms with Crippen molar-refractivity contribution in [1.29, 1.82) is 0 Å². The number of pyridine rings is 1. The number of hydrogen-bond acceptors (Lipinski definition) is 3. The van der Waals surface area contributed by atoms with Gasteiger partial charge in [0.1, 0.15) is 12.1 Å². The SMILES string of the molecule is Fc1cccnc1C=Cc1ncco1. The molecular formula is C10H7FN2O. The van der Waals surface area contributed by atoms with Crippen LogP contribution in [-0.4, -0.2) is 9.97 Å². The van der Waals surface area contributed by atoms with Crippen LogP contribution in [0.3, 0.4) is 0 Å². The van der Waals surface area contributed by atoms with Gasteiger partial charge in [0.15, 0.2) is 0 Å². The van der Waals surface area contributed by atoms with Gasteiger partial charge >= 0.3 is 0 Å². The van der Waals surface area contributed by atoms with Crippen molar-refractivity contribution >= 4 is 12.2 Å². The molecule has 4 heteroatoms. The highest BCUT2D eigenvalue weighted by atomic mass is 19.1. The summed E-state index contributed by atoms with van der Waals surface area (Å²) in [4.78, 5) is 7.70. The quantitative estimate of drug-likeness (QED) is 0.729. The molecule has 0 saturated heterocycles. The molecule has 0 aromatic carbocycles. The Balaban J connectivity index is 2.23. The molecule has 0 aliphatic heterocycles. The third kappa shape index (κ3) is 1.85. The number of rotatable bonds is 2. The van der Waals surface area contributed by atoms with Crippen LogP contribution in [0.5, 0.6) is 0 Å². The maximum Gasteiger partial charge on any atom is 0.218 e. The van der Waals surface area contributed by atoms with E-state index in [9.17, 15) is 4.39 Å². The van der Waals surface area contributed by atoms with Gasteiger partial charge in [-0.05, 0) is 18.2 Å². The molecule has 3 nitrogen and oxygen atoms in total. The Morgan fingerprint density at radius 1 is 1.21 bits per heavy atom. The van der Waals surface area contributed by atoms with E-state index >= 15 is 0 Å². The maximum atomic E-state index is 13.1. The smallest absolute Gasteiger partial charge is 0.218 e. The Morgan fingerprint density at radius 2 is 2.14 bits per heavy atom. The summed E-state index contributed by atoms with van der Waals surface area (Å²) in [5.41, 5.74) is 0.269. The second-order valence-electron chi connectivity index (χ2n) is 2.57. The largest absolute Gasteiger partial charge is 0.445 e. The predicted molar refractivity (Wildman–Crippen MR) is 49.6 cm³/mol. The van der Waals surface area contributed by atoms with Crippen LogP contribution in [0.25, 0.3) is 12.2 Å². The number of oxazole rings is 1. The van der Waals surface area contributed by atoms with Gasteiger partial charge in [0.25, 0.3) is 0 Å². The monoisotopic (exact) mass is 190 g/mol. The molecule has 2 rings (SSSR count). The zero-order chi connectivity index (χ0) is 9.80. The molecule has 0 saturated carbocycles. The average molecular weight is 190 g/mol. The first-order valence-corrected chi connectivity index (χ1v) is 4.04. The third-order valence-corrected chi connectivity index (χ3v) is 1.62. The number of hydrogen-bond donors (Lipinski definition) is 0. The topological polar surface area (TPSA) is 38.9 Å². The second-order valence-corrected chi connectivity index (χ2v) is 2.57. The first kappa shape index (κ1) is 8.62. The van der Waals surface area contributed by atoms with Crippen molar-refractivity contribution in [3.05, 3.63) is 48.2 Å². The fourth-order valence-corrected chi connectivity index (χ4v) is 0.988. The molecule has 0 bridgehead atoms. The van der Waals surface area contributed by atoms with Crippen molar-refractivity contribution < 1.29 is 8.81 Å². The zero-order valence-electron chi connectivity index (χ0n) is 7.22. The summed E-state index contributed by atoms with van der Waals surface area (Å²) in [6.45, 7) is 0. The normalized spacial score (nSPS) is 10.9. The molecule has 0 spiro atoms.